The molecule has 0 fully saturated rings. The third kappa shape index (κ3) is 4.16. The SMILES string of the molecule is Cc1cc(C)cc(-c2n(C)c(-c3c(C)ccc4c3oc3ccccc34)c[n+]2-c2c(C(C)C)cccc2C(C)C)c1. The van der Waals surface area contributed by atoms with E-state index in [1.165, 1.54) is 44.9 Å². The van der Waals surface area contributed by atoms with Gasteiger partial charge in [-0.2, -0.15) is 4.57 Å². The Morgan fingerprint density at radius 1 is 0.725 bits per heavy atom. The van der Waals surface area contributed by atoms with Crippen LogP contribution in [0.2, 0.25) is 0 Å². The fraction of sp³-hybridized carbons (Fsp3) is 0.270. The van der Waals surface area contributed by atoms with E-state index in [-0.39, 0.29) is 0 Å². The number of furan rings is 1. The van der Waals surface area contributed by atoms with Crippen LogP contribution in [0, 0.1) is 20.8 Å². The highest BCUT2D eigenvalue weighted by atomic mass is 16.3. The predicted octanol–water partition coefficient (Wildman–Crippen LogP) is 9.71. The minimum Gasteiger partial charge on any atom is -0.455 e. The largest absolute Gasteiger partial charge is 0.455 e. The highest BCUT2D eigenvalue weighted by Crippen LogP contribution is 2.39. The van der Waals surface area contributed by atoms with E-state index in [4.69, 9.17) is 4.42 Å². The number of aromatic nitrogens is 2. The van der Waals surface area contributed by atoms with Crippen LogP contribution in [0.15, 0.2) is 83.4 Å². The lowest BCUT2D eigenvalue weighted by molar-refractivity contribution is -0.584. The van der Waals surface area contributed by atoms with Crippen molar-refractivity contribution >= 4 is 21.9 Å². The second-order valence-corrected chi connectivity index (χ2v) is 12.0. The van der Waals surface area contributed by atoms with Crippen LogP contribution in [0.3, 0.4) is 0 Å². The Morgan fingerprint density at radius 2 is 1.38 bits per heavy atom. The molecule has 2 aromatic heterocycles. The molecule has 6 aromatic rings. The van der Waals surface area contributed by atoms with Crippen molar-refractivity contribution in [2.45, 2.75) is 60.3 Å². The Balaban J connectivity index is 1.76. The molecule has 3 nitrogen and oxygen atoms in total. The van der Waals surface area contributed by atoms with Crippen LogP contribution in [0.25, 0.3) is 50.3 Å². The van der Waals surface area contributed by atoms with Crippen molar-refractivity contribution in [3.8, 4) is 28.3 Å². The molecule has 40 heavy (non-hydrogen) atoms. The van der Waals surface area contributed by atoms with Crippen molar-refractivity contribution in [2.75, 3.05) is 0 Å². The van der Waals surface area contributed by atoms with E-state index in [0.29, 0.717) is 11.8 Å². The maximum absolute atomic E-state index is 6.57. The number of imidazole rings is 1. The number of para-hydroxylation sites is 2. The van der Waals surface area contributed by atoms with Crippen molar-refractivity contribution < 1.29 is 8.98 Å². The number of hydrogen-bond donors (Lipinski definition) is 0. The van der Waals surface area contributed by atoms with Crippen LogP contribution in [0.4, 0.5) is 0 Å². The molecule has 6 rings (SSSR count). The third-order valence-electron chi connectivity index (χ3n) is 8.23. The number of aryl methyl sites for hydroxylation is 3. The van der Waals surface area contributed by atoms with Crippen LogP contribution in [0.5, 0.6) is 0 Å². The number of fused-ring (bicyclic) bond motifs is 3. The van der Waals surface area contributed by atoms with Crippen LogP contribution < -0.4 is 4.57 Å². The van der Waals surface area contributed by atoms with Gasteiger partial charge < -0.3 is 4.42 Å². The fourth-order valence-corrected chi connectivity index (χ4v) is 6.38. The summed E-state index contributed by atoms with van der Waals surface area (Å²) in [4.78, 5) is 0. The summed E-state index contributed by atoms with van der Waals surface area (Å²) in [6.45, 7) is 15.7. The second-order valence-electron chi connectivity index (χ2n) is 12.0. The number of nitrogens with zero attached hydrogens (tertiary/aromatic N) is 2. The molecule has 0 spiro atoms. The Labute approximate surface area is 237 Å². The zero-order valence-electron chi connectivity index (χ0n) is 25.0. The molecule has 0 radical (unpaired) electrons. The summed E-state index contributed by atoms with van der Waals surface area (Å²) >= 11 is 0. The number of hydrogen-bond acceptors (Lipinski definition) is 1. The average molecular weight is 528 g/mol. The molecule has 0 aliphatic carbocycles. The number of benzene rings is 4. The molecule has 202 valence electrons. The lowest BCUT2D eigenvalue weighted by Gasteiger charge is -2.18. The Hall–Kier alpha value is -4.11. The monoisotopic (exact) mass is 527 g/mol. The molecule has 0 N–H and O–H groups in total. The predicted molar refractivity (Wildman–Crippen MR) is 167 cm³/mol. The maximum atomic E-state index is 6.57. The van der Waals surface area contributed by atoms with E-state index in [1.807, 2.05) is 6.07 Å². The zero-order chi connectivity index (χ0) is 28.3. The first kappa shape index (κ1) is 26.1. The van der Waals surface area contributed by atoms with E-state index in [1.54, 1.807) is 0 Å². The smallest absolute Gasteiger partial charge is 0.294 e. The normalized spacial score (nSPS) is 11.9. The molecule has 0 saturated heterocycles. The summed E-state index contributed by atoms with van der Waals surface area (Å²) in [5.74, 6) is 1.94. The van der Waals surface area contributed by atoms with Gasteiger partial charge >= 0.3 is 0 Å². The van der Waals surface area contributed by atoms with Crippen LogP contribution >= 0.6 is 0 Å². The highest BCUT2D eigenvalue weighted by molar-refractivity contribution is 6.09. The molecule has 0 saturated carbocycles. The molecule has 0 atom stereocenters. The van der Waals surface area contributed by atoms with Gasteiger partial charge in [0, 0.05) is 21.9 Å². The topological polar surface area (TPSA) is 21.9 Å². The van der Waals surface area contributed by atoms with Gasteiger partial charge in [-0.1, -0.05) is 82.3 Å². The van der Waals surface area contributed by atoms with Gasteiger partial charge in [-0.3, -0.25) is 0 Å². The second kappa shape index (κ2) is 9.82. The fourth-order valence-electron chi connectivity index (χ4n) is 6.38. The van der Waals surface area contributed by atoms with Crippen LogP contribution in [0.1, 0.15) is 67.3 Å². The molecule has 0 unspecified atom stereocenters. The van der Waals surface area contributed by atoms with Crippen molar-refractivity contribution in [1.82, 2.24) is 4.57 Å². The maximum Gasteiger partial charge on any atom is 0.294 e. The molecule has 2 heterocycles. The molecular weight excluding hydrogens is 488 g/mol. The third-order valence-corrected chi connectivity index (χ3v) is 8.23. The zero-order valence-corrected chi connectivity index (χ0v) is 25.0. The summed E-state index contributed by atoms with van der Waals surface area (Å²) in [5, 5.41) is 2.31. The molecular formula is C37H39N2O+. The van der Waals surface area contributed by atoms with Gasteiger partial charge in [0.15, 0.2) is 5.69 Å². The van der Waals surface area contributed by atoms with Gasteiger partial charge in [-0.05, 0) is 67.5 Å². The first-order valence-corrected chi connectivity index (χ1v) is 14.4. The molecule has 3 heteroatoms. The first-order chi connectivity index (χ1) is 19.2. The van der Waals surface area contributed by atoms with Crippen molar-refractivity contribution in [3.63, 3.8) is 0 Å². The van der Waals surface area contributed by atoms with Crippen LogP contribution in [-0.2, 0) is 7.05 Å². The van der Waals surface area contributed by atoms with Crippen LogP contribution in [-0.4, -0.2) is 4.57 Å². The molecule has 0 amide bonds. The van der Waals surface area contributed by atoms with E-state index in [9.17, 15) is 0 Å². The minimum absolute atomic E-state index is 0.387. The highest BCUT2D eigenvalue weighted by Gasteiger charge is 2.31. The first-order valence-electron chi connectivity index (χ1n) is 14.4. The summed E-state index contributed by atoms with van der Waals surface area (Å²) in [5.41, 5.74) is 13.1. The molecule has 0 aliphatic heterocycles. The summed E-state index contributed by atoms with van der Waals surface area (Å²) in [6.07, 6.45) is 2.34. The van der Waals surface area contributed by atoms with Gasteiger partial charge in [-0.15, -0.1) is 0 Å². The Bertz CT molecular complexity index is 1850. The van der Waals surface area contributed by atoms with Gasteiger partial charge in [0.25, 0.3) is 5.82 Å². The number of rotatable bonds is 5. The van der Waals surface area contributed by atoms with Crippen molar-refractivity contribution in [2.24, 2.45) is 7.05 Å². The molecule has 0 bridgehead atoms. The Kier molecular flexibility index (Phi) is 6.41. The standard InChI is InChI=1S/C37H39N2O/c1-22(2)28-13-11-14-29(23(3)4)35(28)39-21-32(38(8)37(39)27-19-24(5)18-25(6)20-27)34-26(7)16-17-31-30-12-9-10-15-33(30)40-36(31)34/h9-23H,1-8H3/q+1. The van der Waals surface area contributed by atoms with E-state index >= 15 is 0 Å². The molecule has 0 aliphatic rings. The molecule has 4 aromatic carbocycles. The van der Waals surface area contributed by atoms with Gasteiger partial charge in [0.1, 0.15) is 23.1 Å². The van der Waals surface area contributed by atoms with Gasteiger partial charge in [0.2, 0.25) is 0 Å². The van der Waals surface area contributed by atoms with E-state index < -0.39 is 0 Å². The summed E-state index contributed by atoms with van der Waals surface area (Å²) < 4.78 is 11.4. The van der Waals surface area contributed by atoms with Crippen molar-refractivity contribution in [3.05, 3.63) is 107 Å². The lowest BCUT2D eigenvalue weighted by atomic mass is 9.92. The summed E-state index contributed by atoms with van der Waals surface area (Å²) in [6, 6.07) is 26.5. The Morgan fingerprint density at radius 3 is 2.02 bits per heavy atom. The minimum atomic E-state index is 0.387. The summed E-state index contributed by atoms with van der Waals surface area (Å²) in [7, 11) is 2.20. The van der Waals surface area contributed by atoms with E-state index in [0.717, 1.165) is 33.2 Å². The van der Waals surface area contributed by atoms with E-state index in [2.05, 4.69) is 138 Å². The van der Waals surface area contributed by atoms with Crippen molar-refractivity contribution in [1.29, 1.82) is 0 Å². The van der Waals surface area contributed by atoms with Gasteiger partial charge in [-0.25, -0.2) is 4.57 Å². The lowest BCUT2D eigenvalue weighted by Crippen LogP contribution is -2.35. The van der Waals surface area contributed by atoms with Gasteiger partial charge in [0.05, 0.1) is 18.2 Å². The average Bonchev–Trinajstić information content (AvgIpc) is 3.45. The quantitative estimate of drug-likeness (QED) is 0.205.